The summed E-state index contributed by atoms with van der Waals surface area (Å²) in [6.45, 7) is 1.83. The second-order valence-electron chi connectivity index (χ2n) is 4.29. The topological polar surface area (TPSA) is 82.2 Å². The molecule has 5 nitrogen and oxygen atoms in total. The number of amides is 1. The number of aliphatic hydroxyl groups excluding tert-OH is 1. The maximum Gasteiger partial charge on any atom is 0.257 e. The van der Waals surface area contributed by atoms with Crippen molar-refractivity contribution in [2.45, 2.75) is 13.5 Å². The summed E-state index contributed by atoms with van der Waals surface area (Å²) in [4.78, 5) is 27.4. The summed E-state index contributed by atoms with van der Waals surface area (Å²) >= 11 is 1.46. The molecule has 0 aliphatic rings. The van der Waals surface area contributed by atoms with E-state index in [1.165, 1.54) is 23.6 Å². The van der Waals surface area contributed by atoms with Gasteiger partial charge in [-0.1, -0.05) is 11.8 Å². The van der Waals surface area contributed by atoms with Gasteiger partial charge in [-0.2, -0.15) is 0 Å². The predicted molar refractivity (Wildman–Crippen MR) is 81.3 cm³/mol. The Labute approximate surface area is 125 Å². The number of pyridine rings is 1. The second-order valence-corrected chi connectivity index (χ2v) is 5.29. The van der Waals surface area contributed by atoms with Crippen molar-refractivity contribution in [3.8, 4) is 11.8 Å². The summed E-state index contributed by atoms with van der Waals surface area (Å²) < 4.78 is 0. The van der Waals surface area contributed by atoms with Crippen LogP contribution >= 0.6 is 11.3 Å². The molecule has 0 fully saturated rings. The van der Waals surface area contributed by atoms with Crippen LogP contribution in [0.2, 0.25) is 0 Å². The Morgan fingerprint density at radius 2 is 2.33 bits per heavy atom. The number of rotatable bonds is 3. The number of carbonyl (C=O) groups is 1. The van der Waals surface area contributed by atoms with E-state index in [4.69, 9.17) is 5.11 Å². The van der Waals surface area contributed by atoms with Crippen LogP contribution in [0.15, 0.2) is 28.5 Å². The second kappa shape index (κ2) is 6.88. The zero-order valence-electron chi connectivity index (χ0n) is 11.4. The molecule has 2 aromatic heterocycles. The Balaban J connectivity index is 2.08. The van der Waals surface area contributed by atoms with Gasteiger partial charge in [0.1, 0.15) is 12.2 Å². The molecular formula is C15H14N2O3S. The molecule has 2 aromatic rings. The van der Waals surface area contributed by atoms with E-state index in [1.807, 2.05) is 11.4 Å². The summed E-state index contributed by atoms with van der Waals surface area (Å²) in [5.74, 6) is 4.96. The van der Waals surface area contributed by atoms with E-state index in [2.05, 4.69) is 22.1 Å². The van der Waals surface area contributed by atoms with Crippen LogP contribution in [0.5, 0.6) is 0 Å². The lowest BCUT2D eigenvalue weighted by molar-refractivity contribution is 0.0950. The highest BCUT2D eigenvalue weighted by atomic mass is 32.1. The SMILES string of the molecule is Cc1cc(=O)c(C(=O)NCc2sccc2C#CCO)c[nH]1. The normalized spacial score (nSPS) is 9.81. The van der Waals surface area contributed by atoms with E-state index in [0.29, 0.717) is 12.2 Å². The number of aryl methyl sites for hydroxylation is 1. The van der Waals surface area contributed by atoms with E-state index in [0.717, 1.165) is 10.4 Å². The van der Waals surface area contributed by atoms with Crippen molar-refractivity contribution in [1.82, 2.24) is 10.3 Å². The highest BCUT2D eigenvalue weighted by Gasteiger charge is 2.11. The average molecular weight is 302 g/mol. The third kappa shape index (κ3) is 3.81. The van der Waals surface area contributed by atoms with Gasteiger partial charge < -0.3 is 15.4 Å². The summed E-state index contributed by atoms with van der Waals surface area (Å²) in [5.41, 5.74) is 1.25. The van der Waals surface area contributed by atoms with Gasteiger partial charge in [0.25, 0.3) is 5.91 Å². The predicted octanol–water partition coefficient (Wildman–Crippen LogP) is 1.02. The molecule has 1 amide bonds. The smallest absolute Gasteiger partial charge is 0.257 e. The highest BCUT2D eigenvalue weighted by Crippen LogP contribution is 2.15. The summed E-state index contributed by atoms with van der Waals surface area (Å²) in [6, 6.07) is 3.21. The van der Waals surface area contributed by atoms with Gasteiger partial charge in [-0.15, -0.1) is 11.3 Å². The standard InChI is InChI=1S/C15H14N2O3S/c1-10-7-13(19)12(8-16-10)15(20)17-9-14-11(3-2-5-18)4-6-21-14/h4,6-8,18H,5,9H2,1H3,(H,16,19)(H,17,20). The first-order chi connectivity index (χ1) is 10.1. The molecule has 0 unspecified atom stereocenters. The molecule has 0 saturated carbocycles. The molecule has 0 spiro atoms. The van der Waals surface area contributed by atoms with Gasteiger partial charge in [0.05, 0.1) is 6.54 Å². The van der Waals surface area contributed by atoms with Crippen molar-refractivity contribution in [2.75, 3.05) is 6.61 Å². The molecule has 2 rings (SSSR count). The van der Waals surface area contributed by atoms with Crippen LogP contribution in [-0.4, -0.2) is 22.6 Å². The highest BCUT2D eigenvalue weighted by molar-refractivity contribution is 7.10. The molecule has 0 radical (unpaired) electrons. The third-order valence-corrected chi connectivity index (χ3v) is 3.68. The van der Waals surface area contributed by atoms with Crippen molar-refractivity contribution in [2.24, 2.45) is 0 Å². The average Bonchev–Trinajstić information content (AvgIpc) is 2.90. The first-order valence-corrected chi connectivity index (χ1v) is 7.13. The van der Waals surface area contributed by atoms with Crippen molar-refractivity contribution in [3.63, 3.8) is 0 Å². The van der Waals surface area contributed by atoms with Gasteiger partial charge in [0, 0.05) is 28.4 Å². The monoisotopic (exact) mass is 302 g/mol. The lowest BCUT2D eigenvalue weighted by Crippen LogP contribution is -2.28. The van der Waals surface area contributed by atoms with Crippen LogP contribution in [0.1, 0.15) is 26.5 Å². The van der Waals surface area contributed by atoms with Crippen LogP contribution in [0, 0.1) is 18.8 Å². The van der Waals surface area contributed by atoms with Crippen molar-refractivity contribution in [3.05, 3.63) is 55.6 Å². The van der Waals surface area contributed by atoms with Gasteiger partial charge in [-0.25, -0.2) is 0 Å². The lowest BCUT2D eigenvalue weighted by Gasteiger charge is -2.04. The number of H-pyrrole nitrogens is 1. The van der Waals surface area contributed by atoms with Gasteiger partial charge >= 0.3 is 0 Å². The molecule has 0 aliphatic carbocycles. The van der Waals surface area contributed by atoms with Gasteiger partial charge in [-0.05, 0) is 18.4 Å². The molecule has 0 aromatic carbocycles. The van der Waals surface area contributed by atoms with Crippen molar-refractivity contribution >= 4 is 17.2 Å². The van der Waals surface area contributed by atoms with Crippen LogP contribution < -0.4 is 10.7 Å². The number of hydrogen-bond acceptors (Lipinski definition) is 4. The minimum atomic E-state index is -0.425. The molecule has 0 saturated heterocycles. The first kappa shape index (κ1) is 15.0. The van der Waals surface area contributed by atoms with Crippen LogP contribution in [-0.2, 0) is 6.54 Å². The summed E-state index contributed by atoms with van der Waals surface area (Å²) in [5, 5.41) is 13.3. The largest absolute Gasteiger partial charge is 0.384 e. The number of aliphatic hydroxyl groups is 1. The number of carbonyl (C=O) groups excluding carboxylic acids is 1. The zero-order chi connectivity index (χ0) is 15.2. The third-order valence-electron chi connectivity index (χ3n) is 2.76. The van der Waals surface area contributed by atoms with E-state index in [9.17, 15) is 9.59 Å². The molecule has 0 atom stereocenters. The molecule has 0 bridgehead atoms. The van der Waals surface area contributed by atoms with Crippen molar-refractivity contribution < 1.29 is 9.90 Å². The minimum Gasteiger partial charge on any atom is -0.384 e. The maximum atomic E-state index is 12.0. The van der Waals surface area contributed by atoms with E-state index in [1.54, 1.807) is 6.92 Å². The molecule has 108 valence electrons. The molecule has 0 aliphatic heterocycles. The van der Waals surface area contributed by atoms with E-state index < -0.39 is 5.91 Å². The summed E-state index contributed by atoms with van der Waals surface area (Å²) in [6.07, 6.45) is 1.41. The molecule has 3 N–H and O–H groups in total. The molecule has 2 heterocycles. The minimum absolute atomic E-state index is 0.0835. The van der Waals surface area contributed by atoms with Gasteiger partial charge in [0.2, 0.25) is 0 Å². The molecular weight excluding hydrogens is 288 g/mol. The fourth-order valence-corrected chi connectivity index (χ4v) is 2.50. The Bertz CT molecular complexity index is 765. The first-order valence-electron chi connectivity index (χ1n) is 6.25. The van der Waals surface area contributed by atoms with Crippen LogP contribution in [0.25, 0.3) is 0 Å². The van der Waals surface area contributed by atoms with Gasteiger partial charge in [0.15, 0.2) is 5.43 Å². The van der Waals surface area contributed by atoms with E-state index in [-0.39, 0.29) is 17.6 Å². The van der Waals surface area contributed by atoms with Crippen molar-refractivity contribution in [1.29, 1.82) is 0 Å². The van der Waals surface area contributed by atoms with E-state index >= 15 is 0 Å². The quantitative estimate of drug-likeness (QED) is 0.740. The number of aromatic amines is 1. The molecule has 21 heavy (non-hydrogen) atoms. The van der Waals surface area contributed by atoms with Crippen LogP contribution in [0.4, 0.5) is 0 Å². The zero-order valence-corrected chi connectivity index (χ0v) is 12.2. The lowest BCUT2D eigenvalue weighted by atomic mass is 10.2. The Kier molecular flexibility index (Phi) is 4.93. The maximum absolute atomic E-state index is 12.0. The Morgan fingerprint density at radius 1 is 1.52 bits per heavy atom. The number of hydrogen-bond donors (Lipinski definition) is 3. The fraction of sp³-hybridized carbons (Fsp3) is 0.200. The number of aromatic nitrogens is 1. The number of nitrogens with one attached hydrogen (secondary N) is 2. The van der Waals surface area contributed by atoms with Gasteiger partial charge in [-0.3, -0.25) is 9.59 Å². The van der Waals surface area contributed by atoms with Crippen LogP contribution in [0.3, 0.4) is 0 Å². The number of thiophene rings is 1. The summed E-state index contributed by atoms with van der Waals surface area (Å²) in [7, 11) is 0. The Hall–Kier alpha value is -2.36. The Morgan fingerprint density at radius 3 is 3.05 bits per heavy atom. The molecule has 6 heteroatoms. The fourth-order valence-electron chi connectivity index (χ4n) is 1.73.